The van der Waals surface area contributed by atoms with Crippen molar-refractivity contribution in [2.75, 3.05) is 13.1 Å². The van der Waals surface area contributed by atoms with Gasteiger partial charge in [-0.05, 0) is 61.4 Å². The van der Waals surface area contributed by atoms with Gasteiger partial charge >= 0.3 is 0 Å². The summed E-state index contributed by atoms with van der Waals surface area (Å²) in [7, 11) is 0. The minimum atomic E-state index is -1.01. The van der Waals surface area contributed by atoms with Crippen LogP contribution in [-0.2, 0) is 24.2 Å². The summed E-state index contributed by atoms with van der Waals surface area (Å²) in [6, 6.07) is 13.8. The Balaban J connectivity index is 1.25. The predicted octanol–water partition coefficient (Wildman–Crippen LogP) is 2.47. The molecule has 1 amide bonds. The molecule has 6 heteroatoms. The van der Waals surface area contributed by atoms with Crippen molar-refractivity contribution in [1.82, 2.24) is 14.5 Å². The van der Waals surface area contributed by atoms with Crippen LogP contribution in [-0.4, -0.2) is 44.2 Å². The third-order valence-electron chi connectivity index (χ3n) is 6.85. The number of hydrogen-bond acceptors (Lipinski definition) is 4. The van der Waals surface area contributed by atoms with Gasteiger partial charge in [-0.25, -0.2) is 4.98 Å². The van der Waals surface area contributed by atoms with Gasteiger partial charge in [0.2, 0.25) is 5.91 Å². The quantitative estimate of drug-likeness (QED) is 0.710. The highest BCUT2D eigenvalue weighted by Crippen LogP contribution is 2.30. The fourth-order valence-corrected chi connectivity index (χ4v) is 4.99. The zero-order valence-corrected chi connectivity index (χ0v) is 17.8. The van der Waals surface area contributed by atoms with E-state index in [2.05, 4.69) is 17.1 Å². The second kappa shape index (κ2) is 7.61. The van der Waals surface area contributed by atoms with Gasteiger partial charge in [-0.2, -0.15) is 0 Å². The number of hydrogen-bond donors (Lipinski definition) is 1. The Kier molecular flexibility index (Phi) is 4.89. The lowest BCUT2D eigenvalue weighted by molar-refractivity contribution is -0.139. The molecule has 1 saturated heterocycles. The largest absolute Gasteiger partial charge is 0.388 e. The summed E-state index contributed by atoms with van der Waals surface area (Å²) in [6.45, 7) is 3.18. The van der Waals surface area contributed by atoms with Crippen LogP contribution in [0.2, 0.25) is 0 Å². The molecule has 0 unspecified atom stereocenters. The van der Waals surface area contributed by atoms with Crippen molar-refractivity contribution in [2.24, 2.45) is 5.92 Å². The summed E-state index contributed by atoms with van der Waals surface area (Å²) < 4.78 is 1.50. The highest BCUT2D eigenvalue weighted by molar-refractivity contribution is 5.80. The second-order valence-electron chi connectivity index (χ2n) is 9.12. The maximum Gasteiger partial charge on any atom is 0.261 e. The van der Waals surface area contributed by atoms with E-state index in [1.54, 1.807) is 6.07 Å². The average molecular weight is 418 g/mol. The Morgan fingerprint density at radius 1 is 1.13 bits per heavy atom. The van der Waals surface area contributed by atoms with Gasteiger partial charge < -0.3 is 10.0 Å². The van der Waals surface area contributed by atoms with Crippen LogP contribution in [0.15, 0.2) is 53.6 Å². The lowest BCUT2D eigenvalue weighted by Gasteiger charge is -2.39. The van der Waals surface area contributed by atoms with E-state index in [-0.39, 0.29) is 23.9 Å². The Hall–Kier alpha value is -2.99. The van der Waals surface area contributed by atoms with Gasteiger partial charge in [0, 0.05) is 19.0 Å². The topological polar surface area (TPSA) is 75.4 Å². The first-order valence-electron chi connectivity index (χ1n) is 11.0. The summed E-state index contributed by atoms with van der Waals surface area (Å²) in [5.74, 6) is 0.178. The van der Waals surface area contributed by atoms with Gasteiger partial charge in [0.15, 0.2) is 0 Å². The number of amides is 1. The number of rotatable bonds is 3. The van der Waals surface area contributed by atoms with E-state index >= 15 is 0 Å². The standard InChI is InChI=1S/C25H27N3O3/c1-17-6-7-21-22(12-17)26-16-28(24(21)30)15-25(31)8-10-27(11-9-25)23(29)20-13-18-4-2-3-5-19(18)14-20/h2-7,12,16,20,31H,8-11,13-15H2,1H3. The number of aromatic nitrogens is 2. The Labute approximate surface area is 181 Å². The maximum atomic E-state index is 13.0. The lowest BCUT2D eigenvalue weighted by Crippen LogP contribution is -2.51. The molecule has 0 spiro atoms. The monoisotopic (exact) mass is 417 g/mol. The molecule has 2 heterocycles. The van der Waals surface area contributed by atoms with E-state index in [0.717, 1.165) is 18.4 Å². The molecule has 0 atom stereocenters. The Bertz CT molecular complexity index is 1180. The van der Waals surface area contributed by atoms with Crippen LogP contribution in [0.3, 0.4) is 0 Å². The first kappa shape index (κ1) is 19.9. The SMILES string of the molecule is Cc1ccc2c(=O)n(CC3(O)CCN(C(=O)C4Cc5ccccc5C4)CC3)cnc2c1. The molecule has 2 aliphatic rings. The van der Waals surface area contributed by atoms with E-state index in [4.69, 9.17) is 0 Å². The molecule has 6 nitrogen and oxygen atoms in total. The molecular formula is C25H27N3O3. The summed E-state index contributed by atoms with van der Waals surface area (Å²) in [5, 5.41) is 11.7. The van der Waals surface area contributed by atoms with Crippen LogP contribution < -0.4 is 5.56 Å². The zero-order chi connectivity index (χ0) is 21.6. The van der Waals surface area contributed by atoms with Gasteiger partial charge in [-0.15, -0.1) is 0 Å². The number of nitrogens with zero attached hydrogens (tertiary/aromatic N) is 3. The van der Waals surface area contributed by atoms with Crippen molar-refractivity contribution in [1.29, 1.82) is 0 Å². The van der Waals surface area contributed by atoms with Crippen LogP contribution in [0, 0.1) is 12.8 Å². The fourth-order valence-electron chi connectivity index (χ4n) is 4.99. The van der Waals surface area contributed by atoms with Gasteiger partial charge in [-0.3, -0.25) is 14.2 Å². The number of fused-ring (bicyclic) bond motifs is 2. The molecule has 1 N–H and O–H groups in total. The van der Waals surface area contributed by atoms with E-state index in [9.17, 15) is 14.7 Å². The van der Waals surface area contributed by atoms with Crippen molar-refractivity contribution < 1.29 is 9.90 Å². The summed E-state index contributed by atoms with van der Waals surface area (Å²) in [5.41, 5.74) is 3.12. The molecule has 1 fully saturated rings. The first-order valence-corrected chi connectivity index (χ1v) is 11.0. The number of benzene rings is 2. The zero-order valence-electron chi connectivity index (χ0n) is 17.8. The average Bonchev–Trinajstić information content (AvgIpc) is 3.20. The Morgan fingerprint density at radius 3 is 2.48 bits per heavy atom. The number of likely N-dealkylation sites (tertiary alicyclic amines) is 1. The predicted molar refractivity (Wildman–Crippen MR) is 119 cm³/mol. The molecule has 1 aliphatic carbocycles. The molecule has 1 aromatic heterocycles. The number of aryl methyl sites for hydroxylation is 1. The molecule has 1 aliphatic heterocycles. The van der Waals surface area contributed by atoms with Gasteiger partial charge in [-0.1, -0.05) is 30.3 Å². The Morgan fingerprint density at radius 2 is 1.81 bits per heavy atom. The van der Waals surface area contributed by atoms with Crippen molar-refractivity contribution in [3.63, 3.8) is 0 Å². The highest BCUT2D eigenvalue weighted by atomic mass is 16.3. The fraction of sp³-hybridized carbons (Fsp3) is 0.400. The molecule has 0 bridgehead atoms. The molecule has 3 aromatic rings. The van der Waals surface area contributed by atoms with Crippen LogP contribution >= 0.6 is 0 Å². The molecule has 160 valence electrons. The van der Waals surface area contributed by atoms with Crippen LogP contribution in [0.1, 0.15) is 29.5 Å². The number of aliphatic hydroxyl groups is 1. The molecule has 0 radical (unpaired) electrons. The van der Waals surface area contributed by atoms with Gasteiger partial charge in [0.1, 0.15) is 0 Å². The molecule has 0 saturated carbocycles. The summed E-state index contributed by atoms with van der Waals surface area (Å²) in [4.78, 5) is 32.2. The summed E-state index contributed by atoms with van der Waals surface area (Å²) >= 11 is 0. The highest BCUT2D eigenvalue weighted by Gasteiger charge is 2.37. The first-order chi connectivity index (χ1) is 14.9. The molecule has 5 rings (SSSR count). The summed E-state index contributed by atoms with van der Waals surface area (Å²) in [6.07, 6.45) is 4.03. The molecule has 31 heavy (non-hydrogen) atoms. The second-order valence-corrected chi connectivity index (χ2v) is 9.12. The van der Waals surface area contributed by atoms with Crippen molar-refractivity contribution in [3.05, 3.63) is 75.8 Å². The lowest BCUT2D eigenvalue weighted by atomic mass is 9.90. The van der Waals surface area contributed by atoms with Crippen LogP contribution in [0.25, 0.3) is 10.9 Å². The molecule has 2 aromatic carbocycles. The van der Waals surface area contributed by atoms with E-state index in [0.29, 0.717) is 36.8 Å². The normalized spacial score (nSPS) is 18.3. The van der Waals surface area contributed by atoms with Gasteiger partial charge in [0.05, 0.1) is 29.4 Å². The third kappa shape index (κ3) is 3.76. The molecular weight excluding hydrogens is 390 g/mol. The van der Waals surface area contributed by atoms with Crippen molar-refractivity contribution >= 4 is 16.8 Å². The maximum absolute atomic E-state index is 13.0. The third-order valence-corrected chi connectivity index (χ3v) is 6.85. The van der Waals surface area contributed by atoms with E-state index in [1.807, 2.05) is 36.1 Å². The van der Waals surface area contributed by atoms with Gasteiger partial charge in [0.25, 0.3) is 5.56 Å². The van der Waals surface area contributed by atoms with Crippen LogP contribution in [0.4, 0.5) is 0 Å². The van der Waals surface area contributed by atoms with Crippen molar-refractivity contribution in [3.8, 4) is 0 Å². The van der Waals surface area contributed by atoms with Crippen LogP contribution in [0.5, 0.6) is 0 Å². The number of carbonyl (C=O) groups is 1. The minimum absolute atomic E-state index is 0.000596. The smallest absolute Gasteiger partial charge is 0.261 e. The van der Waals surface area contributed by atoms with E-state index < -0.39 is 5.60 Å². The minimum Gasteiger partial charge on any atom is -0.388 e. The number of piperidine rings is 1. The number of carbonyl (C=O) groups excluding carboxylic acids is 1. The van der Waals surface area contributed by atoms with E-state index in [1.165, 1.54) is 22.0 Å². The van der Waals surface area contributed by atoms with Crippen molar-refractivity contribution in [2.45, 2.75) is 44.8 Å².